The highest BCUT2D eigenvalue weighted by Crippen LogP contribution is 2.29. The maximum Gasteiger partial charge on any atom is 0.263 e. The van der Waals surface area contributed by atoms with Gasteiger partial charge in [0.05, 0.1) is 17.4 Å². The van der Waals surface area contributed by atoms with Gasteiger partial charge in [-0.2, -0.15) is 5.26 Å². The summed E-state index contributed by atoms with van der Waals surface area (Å²) < 4.78 is 12.9. The molecule has 0 aliphatic heterocycles. The summed E-state index contributed by atoms with van der Waals surface area (Å²) in [4.78, 5) is 15.4. The Morgan fingerprint density at radius 2 is 2.00 bits per heavy atom. The first-order valence-corrected chi connectivity index (χ1v) is 7.34. The summed E-state index contributed by atoms with van der Waals surface area (Å²) in [6.07, 6.45) is 0.304. The minimum Gasteiger partial charge on any atom is -0.337 e. The number of carbonyl (C=O) groups is 1. The molecule has 0 aliphatic carbocycles. The summed E-state index contributed by atoms with van der Waals surface area (Å²) in [5.74, 6) is -0.382. The fourth-order valence-electron chi connectivity index (χ4n) is 1.87. The largest absolute Gasteiger partial charge is 0.337 e. The van der Waals surface area contributed by atoms with Gasteiger partial charge in [-0.15, -0.1) is 11.3 Å². The van der Waals surface area contributed by atoms with Gasteiger partial charge in [0.2, 0.25) is 0 Å². The fraction of sp³-hybridized carbons (Fsp3) is 0.250. The van der Waals surface area contributed by atoms with E-state index >= 15 is 0 Å². The second-order valence-electron chi connectivity index (χ2n) is 4.80. The van der Waals surface area contributed by atoms with Gasteiger partial charge in [0, 0.05) is 18.0 Å². The van der Waals surface area contributed by atoms with Crippen LogP contribution in [-0.2, 0) is 0 Å². The van der Waals surface area contributed by atoms with Crippen molar-refractivity contribution in [2.24, 2.45) is 0 Å². The molecule has 0 saturated heterocycles. The Kier molecular flexibility index (Phi) is 4.71. The highest BCUT2D eigenvalue weighted by molar-refractivity contribution is 7.17. The van der Waals surface area contributed by atoms with Crippen LogP contribution in [0.2, 0.25) is 0 Å². The van der Waals surface area contributed by atoms with Gasteiger partial charge in [-0.25, -0.2) is 4.39 Å². The topological polar surface area (TPSA) is 44.1 Å². The molecule has 0 radical (unpaired) electrons. The molecule has 3 nitrogen and oxygen atoms in total. The van der Waals surface area contributed by atoms with Crippen LogP contribution in [-0.4, -0.2) is 23.9 Å². The third-order valence-corrected chi connectivity index (χ3v) is 4.44. The molecule has 1 amide bonds. The third kappa shape index (κ3) is 3.47. The molecule has 1 unspecified atom stereocenters. The van der Waals surface area contributed by atoms with Crippen molar-refractivity contribution in [2.75, 3.05) is 7.05 Å². The molecule has 0 bridgehead atoms. The van der Waals surface area contributed by atoms with E-state index in [9.17, 15) is 9.18 Å². The summed E-state index contributed by atoms with van der Waals surface area (Å²) in [5, 5.41) is 8.70. The molecule has 0 aliphatic rings. The Labute approximate surface area is 127 Å². The van der Waals surface area contributed by atoms with Gasteiger partial charge >= 0.3 is 0 Å². The van der Waals surface area contributed by atoms with E-state index < -0.39 is 0 Å². The summed E-state index contributed by atoms with van der Waals surface area (Å²) in [5.41, 5.74) is 0.883. The molecule has 21 heavy (non-hydrogen) atoms. The van der Waals surface area contributed by atoms with E-state index in [1.807, 2.05) is 13.0 Å². The normalized spacial score (nSPS) is 11.7. The standard InChI is InChI=1S/C16H15FN2OS/c1-11(9-10-18)19(2)16(20)15-8-7-14(21-15)12-3-5-13(17)6-4-12/h3-8,11H,9H2,1-2H3. The molecule has 0 spiro atoms. The van der Waals surface area contributed by atoms with Crippen LogP contribution in [0.15, 0.2) is 36.4 Å². The third-order valence-electron chi connectivity index (χ3n) is 3.31. The van der Waals surface area contributed by atoms with Gasteiger partial charge in [-0.3, -0.25) is 4.79 Å². The molecule has 1 aromatic carbocycles. The van der Waals surface area contributed by atoms with Crippen LogP contribution in [0.5, 0.6) is 0 Å². The molecule has 1 heterocycles. The first kappa shape index (κ1) is 15.2. The molecule has 0 saturated carbocycles. The quantitative estimate of drug-likeness (QED) is 0.859. The van der Waals surface area contributed by atoms with Crippen molar-refractivity contribution in [1.82, 2.24) is 4.90 Å². The number of hydrogen-bond donors (Lipinski definition) is 0. The summed E-state index contributed by atoms with van der Waals surface area (Å²) in [6, 6.07) is 11.7. The van der Waals surface area contributed by atoms with Crippen molar-refractivity contribution in [3.8, 4) is 16.5 Å². The van der Waals surface area contributed by atoms with Crippen molar-refractivity contribution in [3.05, 3.63) is 47.1 Å². The van der Waals surface area contributed by atoms with Crippen LogP contribution in [0.3, 0.4) is 0 Å². The Morgan fingerprint density at radius 1 is 1.33 bits per heavy atom. The number of hydrogen-bond acceptors (Lipinski definition) is 3. The smallest absolute Gasteiger partial charge is 0.263 e. The molecule has 5 heteroatoms. The Bertz CT molecular complexity index is 672. The number of thiophene rings is 1. The summed E-state index contributed by atoms with van der Waals surface area (Å²) >= 11 is 1.37. The number of nitriles is 1. The number of benzene rings is 1. The molecule has 0 fully saturated rings. The van der Waals surface area contributed by atoms with E-state index in [1.165, 1.54) is 23.5 Å². The molecule has 108 valence electrons. The highest BCUT2D eigenvalue weighted by Gasteiger charge is 2.19. The molecule has 2 aromatic rings. The van der Waals surface area contributed by atoms with Gasteiger partial charge < -0.3 is 4.90 Å². The maximum absolute atomic E-state index is 12.9. The lowest BCUT2D eigenvalue weighted by Gasteiger charge is -2.22. The SMILES string of the molecule is CC(CC#N)N(C)C(=O)c1ccc(-c2ccc(F)cc2)s1. The fourth-order valence-corrected chi connectivity index (χ4v) is 2.86. The second kappa shape index (κ2) is 6.51. The average Bonchev–Trinajstić information content (AvgIpc) is 2.96. The number of amides is 1. The van der Waals surface area contributed by atoms with E-state index in [4.69, 9.17) is 5.26 Å². The first-order chi connectivity index (χ1) is 10.0. The van der Waals surface area contributed by atoms with Crippen LogP contribution in [0.4, 0.5) is 4.39 Å². The minimum atomic E-state index is -0.281. The zero-order valence-corrected chi connectivity index (χ0v) is 12.7. The van der Waals surface area contributed by atoms with Crippen LogP contribution < -0.4 is 0 Å². The highest BCUT2D eigenvalue weighted by atomic mass is 32.1. The maximum atomic E-state index is 12.9. The Hall–Kier alpha value is -2.19. The van der Waals surface area contributed by atoms with Gasteiger partial charge in [0.1, 0.15) is 5.82 Å². The second-order valence-corrected chi connectivity index (χ2v) is 5.88. The van der Waals surface area contributed by atoms with Gasteiger partial charge in [-0.05, 0) is 36.8 Å². The molecule has 1 atom stereocenters. The molecular weight excluding hydrogens is 287 g/mol. The lowest BCUT2D eigenvalue weighted by Crippen LogP contribution is -2.34. The molecule has 1 aromatic heterocycles. The predicted molar refractivity (Wildman–Crippen MR) is 81.5 cm³/mol. The number of carbonyl (C=O) groups excluding carboxylic acids is 1. The number of rotatable bonds is 4. The van der Waals surface area contributed by atoms with Crippen LogP contribution in [0, 0.1) is 17.1 Å². The van der Waals surface area contributed by atoms with E-state index in [-0.39, 0.29) is 17.8 Å². The average molecular weight is 302 g/mol. The number of nitrogens with zero attached hydrogens (tertiary/aromatic N) is 2. The van der Waals surface area contributed by atoms with E-state index in [2.05, 4.69) is 6.07 Å². The van der Waals surface area contributed by atoms with Crippen LogP contribution in [0.1, 0.15) is 23.0 Å². The van der Waals surface area contributed by atoms with Crippen molar-refractivity contribution in [2.45, 2.75) is 19.4 Å². The summed E-state index contributed by atoms with van der Waals surface area (Å²) in [7, 11) is 1.70. The summed E-state index contributed by atoms with van der Waals surface area (Å²) in [6.45, 7) is 1.84. The monoisotopic (exact) mass is 302 g/mol. The van der Waals surface area contributed by atoms with Crippen molar-refractivity contribution in [1.29, 1.82) is 5.26 Å². The van der Waals surface area contributed by atoms with Crippen molar-refractivity contribution < 1.29 is 9.18 Å². The molecular formula is C16H15FN2OS. The zero-order chi connectivity index (χ0) is 15.4. The van der Waals surface area contributed by atoms with Crippen LogP contribution >= 0.6 is 11.3 Å². The Balaban J connectivity index is 2.18. The number of halogens is 1. The van der Waals surface area contributed by atoms with E-state index in [1.54, 1.807) is 30.1 Å². The zero-order valence-electron chi connectivity index (χ0n) is 11.8. The van der Waals surface area contributed by atoms with Gasteiger partial charge in [0.15, 0.2) is 0 Å². The van der Waals surface area contributed by atoms with E-state index in [0.29, 0.717) is 11.3 Å². The van der Waals surface area contributed by atoms with Crippen LogP contribution in [0.25, 0.3) is 10.4 Å². The first-order valence-electron chi connectivity index (χ1n) is 6.53. The minimum absolute atomic E-state index is 0.101. The van der Waals surface area contributed by atoms with E-state index in [0.717, 1.165) is 10.4 Å². The molecule has 2 rings (SSSR count). The van der Waals surface area contributed by atoms with Crippen molar-refractivity contribution >= 4 is 17.2 Å². The predicted octanol–water partition coefficient (Wildman–Crippen LogP) is 3.93. The van der Waals surface area contributed by atoms with Crippen molar-refractivity contribution in [3.63, 3.8) is 0 Å². The van der Waals surface area contributed by atoms with Gasteiger partial charge in [0.25, 0.3) is 5.91 Å². The lowest BCUT2D eigenvalue weighted by atomic mass is 10.2. The molecule has 0 N–H and O–H groups in total. The lowest BCUT2D eigenvalue weighted by molar-refractivity contribution is 0.0751. The van der Waals surface area contributed by atoms with Gasteiger partial charge in [-0.1, -0.05) is 12.1 Å². The Morgan fingerprint density at radius 3 is 2.62 bits per heavy atom.